The van der Waals surface area contributed by atoms with Crippen LogP contribution in [0.4, 0.5) is 5.69 Å². The molecule has 0 radical (unpaired) electrons. The molecule has 0 saturated heterocycles. The van der Waals surface area contributed by atoms with Gasteiger partial charge in [0.2, 0.25) is 20.0 Å². The van der Waals surface area contributed by atoms with E-state index >= 15 is 0 Å². The van der Waals surface area contributed by atoms with Crippen molar-refractivity contribution in [2.45, 2.75) is 4.90 Å². The molecule has 2 heterocycles. The summed E-state index contributed by atoms with van der Waals surface area (Å²) in [6, 6.07) is 17.1. The number of anilines is 1. The normalized spacial score (nSPS) is 12.4. The van der Waals surface area contributed by atoms with Gasteiger partial charge in [0.25, 0.3) is 0 Å². The molecule has 0 fully saturated rings. The molecule has 4 aromatic rings. The van der Waals surface area contributed by atoms with E-state index in [9.17, 15) is 16.8 Å². The van der Waals surface area contributed by atoms with Gasteiger partial charge < -0.3 is 0 Å². The number of nitrogens with zero attached hydrogens (tertiary/aromatic N) is 2. The van der Waals surface area contributed by atoms with E-state index in [1.165, 1.54) is 6.07 Å². The van der Waals surface area contributed by atoms with Crippen molar-refractivity contribution < 1.29 is 16.8 Å². The molecular weight excluding hydrogens is 412 g/mol. The third kappa shape index (κ3) is 4.39. The Morgan fingerprint density at radius 2 is 1.69 bits per heavy atom. The van der Waals surface area contributed by atoms with Gasteiger partial charge in [0.1, 0.15) is 0 Å². The summed E-state index contributed by atoms with van der Waals surface area (Å²) in [5, 5.41) is 5.76. The maximum Gasteiger partial charge on any atom is 0.240 e. The van der Waals surface area contributed by atoms with Crippen molar-refractivity contribution in [3.05, 3.63) is 73.1 Å². The van der Waals surface area contributed by atoms with Gasteiger partial charge in [-0.25, -0.2) is 26.1 Å². The van der Waals surface area contributed by atoms with Crippen LogP contribution in [0.25, 0.3) is 16.3 Å². The van der Waals surface area contributed by atoms with Crippen molar-refractivity contribution in [1.82, 2.24) is 14.3 Å². The Morgan fingerprint density at radius 1 is 0.897 bits per heavy atom. The van der Waals surface area contributed by atoms with E-state index in [0.717, 1.165) is 16.3 Å². The highest BCUT2D eigenvalue weighted by atomic mass is 32.2. The van der Waals surface area contributed by atoms with Gasteiger partial charge in [-0.15, -0.1) is 0 Å². The molecule has 0 aliphatic rings. The summed E-state index contributed by atoms with van der Waals surface area (Å²) in [5.74, 6) is -0.399. The third-order valence-electron chi connectivity index (χ3n) is 4.37. The van der Waals surface area contributed by atoms with Crippen LogP contribution in [-0.4, -0.2) is 38.7 Å². The zero-order valence-electron chi connectivity index (χ0n) is 15.2. The van der Waals surface area contributed by atoms with Gasteiger partial charge in [-0.1, -0.05) is 30.3 Å². The minimum Gasteiger partial charge on any atom is -0.283 e. The Balaban J connectivity index is 1.42. The van der Waals surface area contributed by atoms with Crippen molar-refractivity contribution in [2.24, 2.45) is 0 Å². The summed E-state index contributed by atoms with van der Waals surface area (Å²) in [5.41, 5.74) is 1.12. The van der Waals surface area contributed by atoms with E-state index in [1.807, 2.05) is 24.3 Å². The summed E-state index contributed by atoms with van der Waals surface area (Å²) >= 11 is 0. The maximum atomic E-state index is 12.5. The molecule has 0 bridgehead atoms. The highest BCUT2D eigenvalue weighted by Gasteiger charge is 2.17. The number of nitrogens with one attached hydrogen (secondary N) is 2. The van der Waals surface area contributed by atoms with Gasteiger partial charge in [-0.3, -0.25) is 4.72 Å². The van der Waals surface area contributed by atoms with Crippen molar-refractivity contribution in [3.8, 4) is 0 Å². The minimum atomic E-state index is -3.82. The first-order valence-electron chi connectivity index (χ1n) is 8.75. The number of sulfonamides is 2. The molecule has 0 aliphatic carbocycles. The Kier molecular flexibility index (Phi) is 4.99. The van der Waals surface area contributed by atoms with E-state index < -0.39 is 25.8 Å². The Morgan fingerprint density at radius 3 is 2.52 bits per heavy atom. The minimum absolute atomic E-state index is 0.0905. The van der Waals surface area contributed by atoms with Crippen LogP contribution in [0, 0.1) is 0 Å². The number of hydrogen-bond donors (Lipinski definition) is 2. The van der Waals surface area contributed by atoms with Crippen LogP contribution in [0.2, 0.25) is 0 Å². The third-order valence-corrected chi connectivity index (χ3v) is 7.11. The molecule has 4 rings (SSSR count). The van der Waals surface area contributed by atoms with Crippen LogP contribution in [0.15, 0.2) is 78.0 Å². The van der Waals surface area contributed by atoms with E-state index in [2.05, 4.69) is 14.5 Å². The second-order valence-corrected chi connectivity index (χ2v) is 10.1. The number of hydrogen-bond acceptors (Lipinski definition) is 5. The molecule has 0 amide bonds. The molecule has 8 nitrogen and oxygen atoms in total. The summed E-state index contributed by atoms with van der Waals surface area (Å²) in [6.07, 6.45) is 3.24. The van der Waals surface area contributed by atoms with Crippen LogP contribution in [0.3, 0.4) is 0 Å². The first-order valence-corrected chi connectivity index (χ1v) is 11.9. The lowest BCUT2D eigenvalue weighted by Gasteiger charge is -2.10. The van der Waals surface area contributed by atoms with Crippen LogP contribution in [0.5, 0.6) is 0 Å². The lowest BCUT2D eigenvalue weighted by molar-refractivity contribution is 0.582. The highest BCUT2D eigenvalue weighted by molar-refractivity contribution is 7.92. The molecule has 2 aromatic heterocycles. The largest absolute Gasteiger partial charge is 0.283 e. The SMILES string of the molecule is O=S(=O)(CCNS(=O)(=O)c1ccc2ccccc2c1)Nc1ccn2nccc2c1. The molecule has 0 aliphatic heterocycles. The van der Waals surface area contributed by atoms with Gasteiger partial charge in [-0.05, 0) is 41.1 Å². The van der Waals surface area contributed by atoms with Gasteiger partial charge in [-0.2, -0.15) is 5.10 Å². The summed E-state index contributed by atoms with van der Waals surface area (Å²) in [6.45, 7) is -0.251. The molecule has 29 heavy (non-hydrogen) atoms. The second kappa shape index (κ2) is 7.47. The summed E-state index contributed by atoms with van der Waals surface area (Å²) in [7, 11) is -7.55. The molecule has 0 saturated carbocycles. The summed E-state index contributed by atoms with van der Waals surface area (Å²) < 4.78 is 56.0. The highest BCUT2D eigenvalue weighted by Crippen LogP contribution is 2.19. The zero-order chi connectivity index (χ0) is 20.5. The zero-order valence-corrected chi connectivity index (χ0v) is 16.8. The Labute approximate surface area is 168 Å². The fourth-order valence-electron chi connectivity index (χ4n) is 2.94. The first-order chi connectivity index (χ1) is 13.8. The van der Waals surface area contributed by atoms with Crippen LogP contribution < -0.4 is 9.44 Å². The Bertz CT molecular complexity index is 1400. The predicted molar refractivity (Wildman–Crippen MR) is 112 cm³/mol. The number of benzene rings is 2. The van der Waals surface area contributed by atoms with Gasteiger partial charge in [0, 0.05) is 18.9 Å². The predicted octanol–water partition coefficient (Wildman–Crippen LogP) is 2.21. The molecule has 2 aromatic carbocycles. The second-order valence-electron chi connectivity index (χ2n) is 6.44. The van der Waals surface area contributed by atoms with Crippen LogP contribution in [-0.2, 0) is 20.0 Å². The number of rotatable bonds is 7. The lowest BCUT2D eigenvalue weighted by atomic mass is 10.1. The number of aromatic nitrogens is 2. The topological polar surface area (TPSA) is 110 Å². The van der Waals surface area contributed by atoms with Gasteiger partial charge in [0.05, 0.1) is 21.9 Å². The Hall–Kier alpha value is -2.95. The van der Waals surface area contributed by atoms with Gasteiger partial charge in [0.15, 0.2) is 0 Å². The first kappa shape index (κ1) is 19.4. The fourth-order valence-corrected chi connectivity index (χ4v) is 5.10. The van der Waals surface area contributed by atoms with E-state index in [0.29, 0.717) is 5.69 Å². The van der Waals surface area contributed by atoms with Crippen molar-refractivity contribution in [3.63, 3.8) is 0 Å². The van der Waals surface area contributed by atoms with Crippen LogP contribution >= 0.6 is 0 Å². The fraction of sp³-hybridized carbons (Fsp3) is 0.105. The molecule has 0 unspecified atom stereocenters. The monoisotopic (exact) mass is 430 g/mol. The molecular formula is C19H18N4O4S2. The number of fused-ring (bicyclic) bond motifs is 2. The lowest BCUT2D eigenvalue weighted by Crippen LogP contribution is -2.31. The molecule has 0 atom stereocenters. The molecule has 150 valence electrons. The molecule has 2 N–H and O–H groups in total. The van der Waals surface area contributed by atoms with Crippen molar-refractivity contribution in [2.75, 3.05) is 17.0 Å². The smallest absolute Gasteiger partial charge is 0.240 e. The van der Waals surface area contributed by atoms with Gasteiger partial charge >= 0.3 is 0 Å². The molecule has 0 spiro atoms. The average molecular weight is 431 g/mol. The van der Waals surface area contributed by atoms with E-state index in [4.69, 9.17) is 0 Å². The maximum absolute atomic E-state index is 12.5. The quantitative estimate of drug-likeness (QED) is 0.467. The van der Waals surface area contributed by atoms with E-state index in [1.54, 1.807) is 47.2 Å². The van der Waals surface area contributed by atoms with Crippen molar-refractivity contribution >= 4 is 42.0 Å². The standard InChI is InChI=1S/C19H18N4O4S2/c24-28(25,22-17-8-11-23-18(14-17)7-9-20-23)12-10-21-29(26,27)19-6-5-15-3-1-2-4-16(15)13-19/h1-9,11,13-14,21-22H,10,12H2. The van der Waals surface area contributed by atoms with Crippen LogP contribution in [0.1, 0.15) is 0 Å². The average Bonchev–Trinajstić information content (AvgIpc) is 3.14. The molecule has 10 heteroatoms. The van der Waals surface area contributed by atoms with Crippen molar-refractivity contribution in [1.29, 1.82) is 0 Å². The number of pyridine rings is 1. The summed E-state index contributed by atoms with van der Waals surface area (Å²) in [4.78, 5) is 0.0905. The van der Waals surface area contributed by atoms with E-state index in [-0.39, 0.29) is 11.4 Å².